The summed E-state index contributed by atoms with van der Waals surface area (Å²) in [5.41, 5.74) is 0.923. The Balaban J connectivity index is 2.37. The Kier molecular flexibility index (Phi) is 5.47. The summed E-state index contributed by atoms with van der Waals surface area (Å²) >= 11 is 2.92. The molecule has 0 spiro atoms. The van der Waals surface area contributed by atoms with E-state index in [2.05, 4.69) is 24.0 Å². The summed E-state index contributed by atoms with van der Waals surface area (Å²) in [7, 11) is 5.25. The highest BCUT2D eigenvalue weighted by Gasteiger charge is 2.27. The van der Waals surface area contributed by atoms with Crippen LogP contribution in [0.4, 0.5) is 5.95 Å². The van der Waals surface area contributed by atoms with Gasteiger partial charge in [0.1, 0.15) is 5.25 Å². The lowest BCUT2D eigenvalue weighted by molar-refractivity contribution is -0.140. The van der Waals surface area contributed by atoms with Crippen LogP contribution in [-0.2, 0) is 9.53 Å². The van der Waals surface area contributed by atoms with E-state index >= 15 is 0 Å². The van der Waals surface area contributed by atoms with E-state index in [0.29, 0.717) is 5.16 Å². The van der Waals surface area contributed by atoms with Crippen molar-refractivity contribution < 1.29 is 9.53 Å². The SMILES string of the molecule is COC(=O)[C@@H](Sc1nnc(N(C)C)n1C(C)C)c1ccsc1. The van der Waals surface area contributed by atoms with Crippen molar-refractivity contribution in [1.29, 1.82) is 0 Å². The number of carbonyl (C=O) groups is 1. The van der Waals surface area contributed by atoms with Gasteiger partial charge in [-0.1, -0.05) is 11.8 Å². The maximum atomic E-state index is 12.1. The first-order valence-corrected chi connectivity index (χ1v) is 8.66. The van der Waals surface area contributed by atoms with Crippen molar-refractivity contribution in [3.63, 3.8) is 0 Å². The Hall–Kier alpha value is -1.54. The van der Waals surface area contributed by atoms with Crippen LogP contribution in [0.3, 0.4) is 0 Å². The van der Waals surface area contributed by atoms with Crippen LogP contribution in [0.2, 0.25) is 0 Å². The molecule has 22 heavy (non-hydrogen) atoms. The van der Waals surface area contributed by atoms with Crippen molar-refractivity contribution in [3.05, 3.63) is 22.4 Å². The number of carbonyl (C=O) groups excluding carboxylic acids is 1. The summed E-state index contributed by atoms with van der Waals surface area (Å²) < 4.78 is 6.96. The summed E-state index contributed by atoms with van der Waals surface area (Å²) in [6, 6.07) is 2.12. The number of aromatic nitrogens is 3. The summed E-state index contributed by atoms with van der Waals surface area (Å²) in [6.45, 7) is 4.14. The number of anilines is 1. The molecule has 8 heteroatoms. The van der Waals surface area contributed by atoms with Crippen molar-refractivity contribution >= 4 is 35.0 Å². The zero-order chi connectivity index (χ0) is 16.3. The quantitative estimate of drug-likeness (QED) is 0.595. The molecule has 0 amide bonds. The second kappa shape index (κ2) is 7.15. The molecule has 2 heterocycles. The van der Waals surface area contributed by atoms with Crippen LogP contribution in [-0.4, -0.2) is 41.9 Å². The van der Waals surface area contributed by atoms with E-state index in [-0.39, 0.29) is 12.0 Å². The Labute approximate surface area is 138 Å². The van der Waals surface area contributed by atoms with Gasteiger partial charge in [0.15, 0.2) is 5.16 Å². The molecule has 0 bridgehead atoms. The van der Waals surface area contributed by atoms with Crippen molar-refractivity contribution in [3.8, 4) is 0 Å². The number of thioether (sulfide) groups is 1. The number of esters is 1. The molecule has 0 saturated carbocycles. The number of hydrogen-bond acceptors (Lipinski definition) is 7. The van der Waals surface area contributed by atoms with E-state index in [0.717, 1.165) is 11.5 Å². The molecule has 0 fully saturated rings. The Morgan fingerprint density at radius 3 is 2.64 bits per heavy atom. The Bertz CT molecular complexity index is 623. The first kappa shape index (κ1) is 16.8. The fraction of sp³-hybridized carbons (Fsp3) is 0.500. The minimum Gasteiger partial charge on any atom is -0.468 e. The van der Waals surface area contributed by atoms with E-state index in [1.54, 1.807) is 11.3 Å². The molecule has 6 nitrogen and oxygen atoms in total. The zero-order valence-electron chi connectivity index (χ0n) is 13.3. The van der Waals surface area contributed by atoms with E-state index in [1.807, 2.05) is 40.4 Å². The van der Waals surface area contributed by atoms with Gasteiger partial charge in [0.2, 0.25) is 5.95 Å². The van der Waals surface area contributed by atoms with Crippen LogP contribution >= 0.6 is 23.1 Å². The molecule has 0 aliphatic carbocycles. The molecule has 1 atom stereocenters. The van der Waals surface area contributed by atoms with Crippen LogP contribution in [0.1, 0.15) is 30.7 Å². The minimum absolute atomic E-state index is 0.190. The number of hydrogen-bond donors (Lipinski definition) is 0. The average Bonchev–Trinajstić information content (AvgIpc) is 3.12. The van der Waals surface area contributed by atoms with Gasteiger partial charge in [-0.2, -0.15) is 11.3 Å². The molecule has 2 rings (SSSR count). The third-order valence-corrected chi connectivity index (χ3v) is 4.94. The number of rotatable bonds is 6. The normalized spacial score (nSPS) is 12.5. The summed E-state index contributed by atoms with van der Waals surface area (Å²) in [4.78, 5) is 14.0. The molecule has 2 aromatic rings. The van der Waals surface area contributed by atoms with Crippen molar-refractivity contribution in [2.24, 2.45) is 0 Å². The van der Waals surface area contributed by atoms with E-state index in [1.165, 1.54) is 18.9 Å². The Morgan fingerprint density at radius 1 is 1.41 bits per heavy atom. The molecule has 0 aliphatic heterocycles. The highest BCUT2D eigenvalue weighted by molar-refractivity contribution is 8.00. The van der Waals surface area contributed by atoms with Gasteiger partial charge in [0.05, 0.1) is 7.11 Å². The summed E-state index contributed by atoms with van der Waals surface area (Å²) in [5.74, 6) is 0.486. The highest BCUT2D eigenvalue weighted by Crippen LogP contribution is 2.38. The molecule has 2 aromatic heterocycles. The molecular weight excluding hydrogens is 320 g/mol. The van der Waals surface area contributed by atoms with Gasteiger partial charge in [-0.25, -0.2) is 0 Å². The molecular formula is C14H20N4O2S2. The van der Waals surface area contributed by atoms with Crippen LogP contribution < -0.4 is 4.90 Å². The third kappa shape index (κ3) is 3.44. The maximum absolute atomic E-state index is 12.1. The van der Waals surface area contributed by atoms with Crippen molar-refractivity contribution in [2.75, 3.05) is 26.1 Å². The average molecular weight is 340 g/mol. The topological polar surface area (TPSA) is 60.2 Å². The van der Waals surface area contributed by atoms with Crippen LogP contribution in [0, 0.1) is 0 Å². The molecule has 0 radical (unpaired) electrons. The van der Waals surface area contributed by atoms with Crippen molar-refractivity contribution in [2.45, 2.75) is 30.3 Å². The van der Waals surface area contributed by atoms with Gasteiger partial charge < -0.3 is 9.64 Å². The summed E-state index contributed by atoms with van der Waals surface area (Å²) in [5, 5.41) is 12.7. The number of methoxy groups -OCH3 is 1. The first-order chi connectivity index (χ1) is 10.5. The lowest BCUT2D eigenvalue weighted by Crippen LogP contribution is -2.18. The Morgan fingerprint density at radius 2 is 2.14 bits per heavy atom. The van der Waals surface area contributed by atoms with Gasteiger partial charge in [0.25, 0.3) is 0 Å². The van der Waals surface area contributed by atoms with Gasteiger partial charge in [0, 0.05) is 20.1 Å². The largest absolute Gasteiger partial charge is 0.468 e. The van der Waals surface area contributed by atoms with Crippen molar-refractivity contribution in [1.82, 2.24) is 14.8 Å². The second-order valence-corrected chi connectivity index (χ2v) is 7.07. The van der Waals surface area contributed by atoms with Crippen LogP contribution in [0.15, 0.2) is 22.0 Å². The predicted octanol–water partition coefficient (Wildman–Crippen LogP) is 2.99. The van der Waals surface area contributed by atoms with Gasteiger partial charge >= 0.3 is 5.97 Å². The van der Waals surface area contributed by atoms with E-state index in [9.17, 15) is 4.79 Å². The molecule has 0 N–H and O–H groups in total. The van der Waals surface area contributed by atoms with Gasteiger partial charge in [-0.05, 0) is 36.2 Å². The standard InChI is InChI=1S/C14H20N4O2S2/c1-9(2)18-13(17(3)4)15-16-14(18)22-11(12(19)20-5)10-6-7-21-8-10/h6-9,11H,1-5H3/t11-/m0/s1. The zero-order valence-corrected chi connectivity index (χ0v) is 14.9. The van der Waals surface area contributed by atoms with Crippen LogP contribution in [0.25, 0.3) is 0 Å². The number of thiophene rings is 1. The minimum atomic E-state index is -0.437. The fourth-order valence-electron chi connectivity index (χ4n) is 2.00. The predicted molar refractivity (Wildman–Crippen MR) is 89.7 cm³/mol. The van der Waals surface area contributed by atoms with E-state index < -0.39 is 5.25 Å². The second-order valence-electron chi connectivity index (χ2n) is 5.22. The fourth-order valence-corrected chi connectivity index (χ4v) is 3.95. The number of nitrogens with zero attached hydrogens (tertiary/aromatic N) is 4. The van der Waals surface area contributed by atoms with Crippen LogP contribution in [0.5, 0.6) is 0 Å². The highest BCUT2D eigenvalue weighted by atomic mass is 32.2. The first-order valence-electron chi connectivity index (χ1n) is 6.84. The van der Waals surface area contributed by atoms with Gasteiger partial charge in [-0.15, -0.1) is 10.2 Å². The lowest BCUT2D eigenvalue weighted by atomic mass is 10.2. The number of ether oxygens (including phenoxy) is 1. The maximum Gasteiger partial charge on any atom is 0.323 e. The lowest BCUT2D eigenvalue weighted by Gasteiger charge is -2.19. The van der Waals surface area contributed by atoms with E-state index in [4.69, 9.17) is 4.74 Å². The molecule has 0 aromatic carbocycles. The third-order valence-electron chi connectivity index (χ3n) is 3.05. The molecule has 0 aliphatic rings. The summed E-state index contributed by atoms with van der Waals surface area (Å²) in [6.07, 6.45) is 0. The molecule has 0 saturated heterocycles. The monoisotopic (exact) mass is 340 g/mol. The smallest absolute Gasteiger partial charge is 0.323 e. The molecule has 120 valence electrons. The van der Waals surface area contributed by atoms with Gasteiger partial charge in [-0.3, -0.25) is 9.36 Å². The molecule has 0 unspecified atom stereocenters.